The molecule has 5 aromatic rings. The third kappa shape index (κ3) is 15.8. The van der Waals surface area contributed by atoms with E-state index in [2.05, 4.69) is 4.42 Å². The molecule has 220 valence electrons. The number of hydrogen-bond acceptors (Lipinski definition) is 6. The second kappa shape index (κ2) is 20.6. The summed E-state index contributed by atoms with van der Waals surface area (Å²) in [6.45, 7) is 0. The predicted molar refractivity (Wildman–Crippen MR) is 158 cm³/mol. The van der Waals surface area contributed by atoms with E-state index in [9.17, 15) is 24.0 Å². The number of aldehydes is 1. The fourth-order valence-electron chi connectivity index (χ4n) is 2.68. The van der Waals surface area contributed by atoms with Crippen LogP contribution in [0.5, 0.6) is 0 Å². The molecule has 0 aliphatic rings. The summed E-state index contributed by atoms with van der Waals surface area (Å²) in [4.78, 5) is 50.6. The summed E-state index contributed by atoms with van der Waals surface area (Å²) in [6, 6.07) is 36.5. The molecule has 0 spiro atoms. The van der Waals surface area contributed by atoms with Crippen LogP contribution in [0.3, 0.4) is 0 Å². The Kier molecular flexibility index (Phi) is 16.6. The average Bonchev–Trinajstić information content (AvgIpc) is 3.58. The first-order valence-electron chi connectivity index (χ1n) is 12.3. The van der Waals surface area contributed by atoms with Crippen molar-refractivity contribution in [1.82, 2.24) is 0 Å². The largest absolute Gasteiger partial charge is 0.478 e. The van der Waals surface area contributed by atoms with Crippen molar-refractivity contribution in [2.75, 3.05) is 0 Å². The van der Waals surface area contributed by atoms with Gasteiger partial charge in [-0.3, -0.25) is 4.79 Å². The molecule has 4 aromatic carbocycles. The molecule has 0 aliphatic carbocycles. The van der Waals surface area contributed by atoms with Crippen LogP contribution in [-0.4, -0.2) is 50.6 Å². The molecule has 0 saturated heterocycles. The molecule has 10 heteroatoms. The van der Waals surface area contributed by atoms with Gasteiger partial charge >= 0.3 is 23.9 Å². The van der Waals surface area contributed by atoms with E-state index in [-0.39, 0.29) is 0 Å². The normalized spacial score (nSPS) is 8.84. The van der Waals surface area contributed by atoms with Gasteiger partial charge in [-0.05, 0) is 60.7 Å². The van der Waals surface area contributed by atoms with Crippen LogP contribution in [0.1, 0.15) is 52.0 Å². The minimum atomic E-state index is -0.879. The number of carboxylic acid groups (broad SMARTS) is 4. The Hall–Kier alpha value is -6.29. The van der Waals surface area contributed by atoms with Crippen molar-refractivity contribution in [3.63, 3.8) is 0 Å². The second-order valence-corrected chi connectivity index (χ2v) is 7.82. The van der Waals surface area contributed by atoms with Crippen molar-refractivity contribution in [2.45, 2.75) is 0 Å². The molecule has 0 fully saturated rings. The number of aromatic carboxylic acids is 4. The van der Waals surface area contributed by atoms with E-state index in [0.717, 1.165) is 0 Å². The molecule has 5 rings (SSSR count). The lowest BCUT2D eigenvalue weighted by molar-refractivity contribution is 0.0686. The van der Waals surface area contributed by atoms with Gasteiger partial charge in [0.05, 0.1) is 28.5 Å². The lowest BCUT2D eigenvalue weighted by Gasteiger charge is -1.88. The summed E-state index contributed by atoms with van der Waals surface area (Å²) in [6.07, 6.45) is 2.13. The number of furan rings is 1. The average molecular weight is 585 g/mol. The first kappa shape index (κ1) is 34.7. The fourth-order valence-corrected chi connectivity index (χ4v) is 2.68. The quantitative estimate of drug-likeness (QED) is 0.164. The molecule has 0 unspecified atom stereocenters. The summed E-state index contributed by atoms with van der Waals surface area (Å²) >= 11 is 0. The Morgan fingerprint density at radius 2 is 0.674 bits per heavy atom. The zero-order valence-electron chi connectivity index (χ0n) is 22.6. The van der Waals surface area contributed by atoms with E-state index in [1.807, 2.05) is 0 Å². The Labute approximate surface area is 246 Å². The van der Waals surface area contributed by atoms with Gasteiger partial charge in [0.1, 0.15) is 0 Å². The fraction of sp³-hybridized carbons (Fsp3) is 0. The van der Waals surface area contributed by atoms with E-state index in [4.69, 9.17) is 20.4 Å². The van der Waals surface area contributed by atoms with Gasteiger partial charge in [-0.2, -0.15) is 0 Å². The number of carbonyl (C=O) groups excluding carboxylic acids is 1. The first-order valence-corrected chi connectivity index (χ1v) is 12.3. The minimum absolute atomic E-state index is 0.331. The van der Waals surface area contributed by atoms with Gasteiger partial charge in [-0.15, -0.1) is 0 Å². The van der Waals surface area contributed by atoms with E-state index < -0.39 is 23.9 Å². The topological polar surface area (TPSA) is 179 Å². The molecule has 1 heterocycles. The van der Waals surface area contributed by atoms with Crippen LogP contribution in [0.4, 0.5) is 0 Å². The summed E-state index contributed by atoms with van der Waals surface area (Å²) < 4.78 is 4.61. The van der Waals surface area contributed by atoms with E-state index in [0.29, 0.717) is 34.3 Å². The van der Waals surface area contributed by atoms with Crippen molar-refractivity contribution >= 4 is 30.2 Å². The van der Waals surface area contributed by atoms with Gasteiger partial charge < -0.3 is 24.8 Å². The van der Waals surface area contributed by atoms with Gasteiger partial charge in [0.15, 0.2) is 12.0 Å². The lowest BCUT2D eigenvalue weighted by atomic mass is 10.2. The third-order valence-corrected chi connectivity index (χ3v) is 4.74. The van der Waals surface area contributed by atoms with Crippen LogP contribution in [0.25, 0.3) is 0 Å². The summed E-state index contributed by atoms with van der Waals surface area (Å²) in [5.74, 6) is -3.14. The highest BCUT2D eigenvalue weighted by atomic mass is 16.4. The predicted octanol–water partition coefficient (Wildman–Crippen LogP) is 6.63. The SMILES string of the molecule is O=C(O)c1ccccc1.O=C(O)c1ccccc1.O=C(O)c1ccccc1.O=C(O)c1ccccc1.O=Cc1ccco1. The maximum Gasteiger partial charge on any atom is 0.335 e. The third-order valence-electron chi connectivity index (χ3n) is 4.74. The summed E-state index contributed by atoms with van der Waals surface area (Å²) in [7, 11) is 0. The van der Waals surface area contributed by atoms with Crippen LogP contribution < -0.4 is 0 Å². The minimum Gasteiger partial charge on any atom is -0.478 e. The van der Waals surface area contributed by atoms with Gasteiger partial charge in [-0.1, -0.05) is 72.8 Å². The molecule has 1 aromatic heterocycles. The number of carbonyl (C=O) groups is 5. The Balaban J connectivity index is 0.000000269. The molecule has 0 atom stereocenters. The maximum absolute atomic E-state index is 10.2. The van der Waals surface area contributed by atoms with E-state index in [1.165, 1.54) is 6.26 Å². The highest BCUT2D eigenvalue weighted by Gasteiger charge is 1.98. The van der Waals surface area contributed by atoms with Crippen molar-refractivity contribution in [3.05, 3.63) is 168 Å². The molecule has 0 bridgehead atoms. The molecule has 0 amide bonds. The molecule has 0 aliphatic heterocycles. The van der Waals surface area contributed by atoms with Crippen molar-refractivity contribution in [3.8, 4) is 0 Å². The molecule has 10 nitrogen and oxygen atoms in total. The van der Waals surface area contributed by atoms with Gasteiger partial charge in [0.2, 0.25) is 0 Å². The first-order chi connectivity index (χ1) is 20.6. The number of benzene rings is 4. The standard InChI is InChI=1S/4C7H6O2.C5H4O2/c4*8-7(9)6-4-2-1-3-5-6;6-4-5-2-1-3-7-5/h4*1-5H,(H,8,9);1-4H. The maximum atomic E-state index is 10.2. The Morgan fingerprint density at radius 3 is 0.791 bits per heavy atom. The molecule has 0 radical (unpaired) electrons. The molecular weight excluding hydrogens is 556 g/mol. The monoisotopic (exact) mass is 584 g/mol. The number of rotatable bonds is 5. The highest BCUT2D eigenvalue weighted by Crippen LogP contribution is 1.98. The van der Waals surface area contributed by atoms with Gasteiger partial charge in [-0.25, -0.2) is 19.2 Å². The Morgan fingerprint density at radius 1 is 0.419 bits per heavy atom. The van der Waals surface area contributed by atoms with Crippen LogP contribution in [-0.2, 0) is 0 Å². The van der Waals surface area contributed by atoms with E-state index >= 15 is 0 Å². The van der Waals surface area contributed by atoms with Crippen LogP contribution in [0.2, 0.25) is 0 Å². The Bertz CT molecular complexity index is 1300. The lowest BCUT2D eigenvalue weighted by Crippen LogP contribution is -1.93. The zero-order chi connectivity index (χ0) is 31.9. The smallest absolute Gasteiger partial charge is 0.335 e. The molecule has 43 heavy (non-hydrogen) atoms. The van der Waals surface area contributed by atoms with Gasteiger partial charge in [0, 0.05) is 0 Å². The molecular formula is C33H28O10. The van der Waals surface area contributed by atoms with Crippen LogP contribution in [0, 0.1) is 0 Å². The van der Waals surface area contributed by atoms with E-state index in [1.54, 1.807) is 133 Å². The molecule has 0 saturated carbocycles. The second-order valence-electron chi connectivity index (χ2n) is 7.82. The van der Waals surface area contributed by atoms with Crippen molar-refractivity contribution in [2.24, 2.45) is 0 Å². The highest BCUT2D eigenvalue weighted by molar-refractivity contribution is 5.88. The number of hydrogen-bond donors (Lipinski definition) is 4. The number of carboxylic acids is 4. The van der Waals surface area contributed by atoms with Crippen LogP contribution in [0.15, 0.2) is 144 Å². The summed E-state index contributed by atoms with van der Waals surface area (Å²) in [5, 5.41) is 33.5. The molecule has 4 N–H and O–H groups in total. The summed E-state index contributed by atoms with van der Waals surface area (Å²) in [5.41, 5.74) is 1.32. The van der Waals surface area contributed by atoms with Gasteiger partial charge in [0.25, 0.3) is 0 Å². The van der Waals surface area contributed by atoms with Crippen molar-refractivity contribution in [1.29, 1.82) is 0 Å². The zero-order valence-corrected chi connectivity index (χ0v) is 22.6. The van der Waals surface area contributed by atoms with Crippen LogP contribution >= 0.6 is 0 Å². The van der Waals surface area contributed by atoms with Crippen molar-refractivity contribution < 1.29 is 48.8 Å².